The first-order valence-electron chi connectivity index (χ1n) is 5.17. The van der Waals surface area contributed by atoms with Crippen molar-refractivity contribution in [1.29, 1.82) is 0 Å². The van der Waals surface area contributed by atoms with Gasteiger partial charge in [0.25, 0.3) is 0 Å². The predicted octanol–water partition coefficient (Wildman–Crippen LogP) is 3.64. The van der Waals surface area contributed by atoms with Gasteiger partial charge in [0.1, 0.15) is 0 Å². The highest BCUT2D eigenvalue weighted by molar-refractivity contribution is 9.09. The van der Waals surface area contributed by atoms with Gasteiger partial charge in [-0.3, -0.25) is 4.79 Å². The van der Waals surface area contributed by atoms with Crippen molar-refractivity contribution < 1.29 is 4.79 Å². The Morgan fingerprint density at radius 2 is 2.29 bits per heavy atom. The molecule has 1 atom stereocenters. The Kier molecular flexibility index (Phi) is 4.59. The maximum absolute atomic E-state index is 11.4. The number of hydrogen-bond donors (Lipinski definition) is 0. The Labute approximate surface area is 94.4 Å². The molecule has 14 heavy (non-hydrogen) atoms. The molecule has 0 aliphatic heterocycles. The Bertz CT molecular complexity index is 276. The number of Topliss-reactive ketones (excluding diaryl/α,β-unsaturated/α-hetero) is 1. The number of allylic oxidation sites excluding steroid dienone is 4. The van der Waals surface area contributed by atoms with Crippen molar-refractivity contribution in [3.63, 3.8) is 0 Å². The molecular weight excluding hydrogens is 240 g/mol. The normalized spacial score (nSPS) is 21.5. The summed E-state index contributed by atoms with van der Waals surface area (Å²) in [7, 11) is 0. The first-order chi connectivity index (χ1) is 6.69. The first kappa shape index (κ1) is 11.7. The van der Waals surface area contributed by atoms with Gasteiger partial charge in [-0.05, 0) is 24.3 Å². The Morgan fingerprint density at radius 3 is 2.79 bits per heavy atom. The number of rotatable bonds is 4. The van der Waals surface area contributed by atoms with E-state index in [0.29, 0.717) is 11.2 Å². The standard InChI is InChI=1S/C12H17BrO/c1-3-4-10-5-6-11(7-9(10)2)12(14)8-13/h5-6,9H,3-4,7-8H2,1-2H3. The lowest BCUT2D eigenvalue weighted by Gasteiger charge is -2.20. The van der Waals surface area contributed by atoms with E-state index < -0.39 is 0 Å². The number of halogens is 1. The minimum Gasteiger partial charge on any atom is -0.294 e. The number of ketones is 1. The third kappa shape index (κ3) is 2.81. The zero-order valence-corrected chi connectivity index (χ0v) is 10.4. The van der Waals surface area contributed by atoms with Gasteiger partial charge in [-0.2, -0.15) is 0 Å². The van der Waals surface area contributed by atoms with Crippen molar-refractivity contribution in [2.24, 2.45) is 5.92 Å². The molecule has 2 heteroatoms. The summed E-state index contributed by atoms with van der Waals surface area (Å²) in [6.45, 7) is 4.40. The average molecular weight is 257 g/mol. The molecule has 1 aliphatic rings. The summed E-state index contributed by atoms with van der Waals surface area (Å²) >= 11 is 3.21. The van der Waals surface area contributed by atoms with E-state index in [1.165, 1.54) is 12.0 Å². The SMILES string of the molecule is CCCC1=CC=C(C(=O)CBr)CC1C. The minimum atomic E-state index is 0.226. The third-order valence-electron chi connectivity index (χ3n) is 2.68. The summed E-state index contributed by atoms with van der Waals surface area (Å²) < 4.78 is 0. The molecule has 78 valence electrons. The number of alkyl halides is 1. The van der Waals surface area contributed by atoms with E-state index in [4.69, 9.17) is 0 Å². The summed E-state index contributed by atoms with van der Waals surface area (Å²) in [6.07, 6.45) is 7.39. The van der Waals surface area contributed by atoms with Crippen LogP contribution in [0.1, 0.15) is 33.1 Å². The molecule has 1 nitrogen and oxygen atoms in total. The Hall–Kier alpha value is -0.370. The summed E-state index contributed by atoms with van der Waals surface area (Å²) in [5.74, 6) is 0.765. The highest BCUT2D eigenvalue weighted by Crippen LogP contribution is 2.28. The molecule has 0 saturated carbocycles. The molecular formula is C12H17BrO. The second-order valence-corrected chi connectivity index (χ2v) is 4.41. The van der Waals surface area contributed by atoms with Crippen LogP contribution >= 0.6 is 15.9 Å². The molecule has 0 amide bonds. The molecule has 0 N–H and O–H groups in total. The molecule has 0 aromatic heterocycles. The van der Waals surface area contributed by atoms with Crippen LogP contribution in [0.2, 0.25) is 0 Å². The molecule has 0 aromatic rings. The van der Waals surface area contributed by atoms with Crippen molar-refractivity contribution >= 4 is 21.7 Å². The Balaban J connectivity index is 2.73. The largest absolute Gasteiger partial charge is 0.294 e. The van der Waals surface area contributed by atoms with Crippen LogP contribution in [0.25, 0.3) is 0 Å². The lowest BCUT2D eigenvalue weighted by atomic mass is 9.85. The fourth-order valence-electron chi connectivity index (χ4n) is 1.81. The molecule has 0 aromatic carbocycles. The second-order valence-electron chi connectivity index (χ2n) is 3.85. The molecule has 1 rings (SSSR count). The lowest BCUT2D eigenvalue weighted by Crippen LogP contribution is -2.12. The summed E-state index contributed by atoms with van der Waals surface area (Å²) in [5.41, 5.74) is 2.45. The van der Waals surface area contributed by atoms with Crippen LogP contribution in [-0.2, 0) is 4.79 Å². The van der Waals surface area contributed by atoms with Crippen LogP contribution < -0.4 is 0 Å². The minimum absolute atomic E-state index is 0.226. The van der Waals surface area contributed by atoms with Gasteiger partial charge >= 0.3 is 0 Å². The van der Waals surface area contributed by atoms with E-state index in [9.17, 15) is 4.79 Å². The van der Waals surface area contributed by atoms with E-state index in [2.05, 4.69) is 35.9 Å². The smallest absolute Gasteiger partial charge is 0.169 e. The van der Waals surface area contributed by atoms with Crippen LogP contribution in [-0.4, -0.2) is 11.1 Å². The van der Waals surface area contributed by atoms with Gasteiger partial charge in [0.2, 0.25) is 0 Å². The fourth-order valence-corrected chi connectivity index (χ4v) is 2.17. The highest BCUT2D eigenvalue weighted by Gasteiger charge is 2.17. The molecule has 0 saturated heterocycles. The summed E-state index contributed by atoms with van der Waals surface area (Å²) in [4.78, 5) is 11.4. The Morgan fingerprint density at radius 1 is 1.57 bits per heavy atom. The zero-order chi connectivity index (χ0) is 10.6. The zero-order valence-electron chi connectivity index (χ0n) is 8.85. The van der Waals surface area contributed by atoms with Gasteiger partial charge in [0.15, 0.2) is 5.78 Å². The van der Waals surface area contributed by atoms with Crippen LogP contribution in [0.15, 0.2) is 23.3 Å². The van der Waals surface area contributed by atoms with E-state index >= 15 is 0 Å². The van der Waals surface area contributed by atoms with Crippen LogP contribution in [0.5, 0.6) is 0 Å². The van der Waals surface area contributed by atoms with Gasteiger partial charge in [0, 0.05) is 0 Å². The quantitative estimate of drug-likeness (QED) is 0.702. The summed E-state index contributed by atoms with van der Waals surface area (Å²) in [5, 5.41) is 0.447. The number of hydrogen-bond acceptors (Lipinski definition) is 1. The van der Waals surface area contributed by atoms with Gasteiger partial charge in [0.05, 0.1) is 5.33 Å². The van der Waals surface area contributed by atoms with Crippen molar-refractivity contribution in [2.45, 2.75) is 33.1 Å². The van der Waals surface area contributed by atoms with Crippen molar-refractivity contribution in [3.8, 4) is 0 Å². The first-order valence-corrected chi connectivity index (χ1v) is 6.30. The van der Waals surface area contributed by atoms with Gasteiger partial charge in [-0.1, -0.05) is 53.9 Å². The third-order valence-corrected chi connectivity index (χ3v) is 3.19. The fraction of sp³-hybridized carbons (Fsp3) is 0.583. The molecule has 0 bridgehead atoms. The molecule has 0 heterocycles. The maximum atomic E-state index is 11.4. The van der Waals surface area contributed by atoms with E-state index in [-0.39, 0.29) is 5.78 Å². The molecule has 0 radical (unpaired) electrons. The van der Waals surface area contributed by atoms with Crippen molar-refractivity contribution in [2.75, 3.05) is 5.33 Å². The molecule has 0 fully saturated rings. The van der Waals surface area contributed by atoms with E-state index in [1.807, 2.05) is 6.08 Å². The molecule has 0 spiro atoms. The predicted molar refractivity (Wildman–Crippen MR) is 63.7 cm³/mol. The maximum Gasteiger partial charge on any atom is 0.169 e. The van der Waals surface area contributed by atoms with Crippen LogP contribution in [0.4, 0.5) is 0 Å². The second kappa shape index (κ2) is 5.50. The van der Waals surface area contributed by atoms with E-state index in [1.54, 1.807) is 0 Å². The van der Waals surface area contributed by atoms with Crippen LogP contribution in [0.3, 0.4) is 0 Å². The van der Waals surface area contributed by atoms with Gasteiger partial charge < -0.3 is 0 Å². The van der Waals surface area contributed by atoms with Crippen molar-refractivity contribution in [3.05, 3.63) is 23.3 Å². The van der Waals surface area contributed by atoms with Crippen molar-refractivity contribution in [1.82, 2.24) is 0 Å². The monoisotopic (exact) mass is 256 g/mol. The highest BCUT2D eigenvalue weighted by atomic mass is 79.9. The van der Waals surface area contributed by atoms with Gasteiger partial charge in [-0.25, -0.2) is 0 Å². The number of carbonyl (C=O) groups excluding carboxylic acids is 1. The molecule has 1 unspecified atom stereocenters. The van der Waals surface area contributed by atoms with Crippen LogP contribution in [0, 0.1) is 5.92 Å². The summed E-state index contributed by atoms with van der Waals surface area (Å²) in [6, 6.07) is 0. The lowest BCUT2D eigenvalue weighted by molar-refractivity contribution is -0.113. The van der Waals surface area contributed by atoms with E-state index in [0.717, 1.165) is 18.4 Å². The molecule has 1 aliphatic carbocycles. The van der Waals surface area contributed by atoms with Gasteiger partial charge in [-0.15, -0.1) is 0 Å². The average Bonchev–Trinajstić information content (AvgIpc) is 2.20. The topological polar surface area (TPSA) is 17.1 Å². The number of carbonyl (C=O) groups is 1.